The first-order valence-corrected chi connectivity index (χ1v) is 14.0. The molecule has 0 radical (unpaired) electrons. The molecule has 0 aromatic carbocycles. The molecular formula is C30H52. The fourth-order valence-corrected chi connectivity index (χ4v) is 9.31. The van der Waals surface area contributed by atoms with Crippen molar-refractivity contribution in [3.63, 3.8) is 0 Å². The van der Waals surface area contributed by atoms with Gasteiger partial charge in [-0.25, -0.2) is 0 Å². The molecule has 4 unspecified atom stereocenters. The summed E-state index contributed by atoms with van der Waals surface area (Å²) < 4.78 is 0. The van der Waals surface area contributed by atoms with E-state index in [2.05, 4.69) is 47.6 Å². The Labute approximate surface area is 189 Å². The molecule has 0 heteroatoms. The fourth-order valence-electron chi connectivity index (χ4n) is 9.31. The van der Waals surface area contributed by atoms with Crippen LogP contribution in [0.5, 0.6) is 0 Å². The highest BCUT2D eigenvalue weighted by atomic mass is 14.6. The van der Waals surface area contributed by atoms with E-state index >= 15 is 0 Å². The lowest BCUT2D eigenvalue weighted by Gasteiger charge is -2.62. The van der Waals surface area contributed by atoms with Crippen LogP contribution in [-0.2, 0) is 0 Å². The summed E-state index contributed by atoms with van der Waals surface area (Å²) in [5, 5.41) is 0. The molecule has 4 rings (SSSR count). The lowest BCUT2D eigenvalue weighted by atomic mass is 9.42. The van der Waals surface area contributed by atoms with Crippen molar-refractivity contribution < 1.29 is 0 Å². The first kappa shape index (κ1) is 22.9. The van der Waals surface area contributed by atoms with Crippen molar-refractivity contribution in [3.05, 3.63) is 11.6 Å². The number of rotatable bonds is 6. The Morgan fingerprint density at radius 1 is 0.967 bits per heavy atom. The molecule has 0 nitrogen and oxygen atoms in total. The van der Waals surface area contributed by atoms with Crippen LogP contribution in [-0.4, -0.2) is 0 Å². The van der Waals surface area contributed by atoms with Gasteiger partial charge in [-0.05, 0) is 104 Å². The van der Waals surface area contributed by atoms with Gasteiger partial charge in [-0.3, -0.25) is 0 Å². The van der Waals surface area contributed by atoms with Crippen molar-refractivity contribution in [2.24, 2.45) is 52.3 Å². The number of hydrogen-bond acceptors (Lipinski definition) is 0. The third-order valence-electron chi connectivity index (χ3n) is 11.2. The normalized spacial score (nSPS) is 44.6. The minimum absolute atomic E-state index is 0.547. The van der Waals surface area contributed by atoms with Gasteiger partial charge in [-0.1, -0.05) is 85.3 Å². The molecule has 0 heterocycles. The predicted octanol–water partition coefficient (Wildman–Crippen LogP) is 9.44. The summed E-state index contributed by atoms with van der Waals surface area (Å²) in [7, 11) is 0. The van der Waals surface area contributed by atoms with Crippen LogP contribution in [0.2, 0.25) is 0 Å². The van der Waals surface area contributed by atoms with Crippen LogP contribution in [0.15, 0.2) is 11.6 Å². The first-order chi connectivity index (χ1) is 14.3. The zero-order valence-electron chi connectivity index (χ0n) is 21.3. The van der Waals surface area contributed by atoms with Gasteiger partial charge in [0.15, 0.2) is 0 Å². The molecular weight excluding hydrogens is 360 g/mol. The molecule has 172 valence electrons. The Morgan fingerprint density at radius 2 is 1.77 bits per heavy atom. The van der Waals surface area contributed by atoms with Gasteiger partial charge >= 0.3 is 0 Å². The largest absolute Gasteiger partial charge is 0.0845 e. The first-order valence-electron chi connectivity index (χ1n) is 14.0. The van der Waals surface area contributed by atoms with Gasteiger partial charge in [0, 0.05) is 0 Å². The smallest absolute Gasteiger partial charge is 0.00851 e. The van der Waals surface area contributed by atoms with E-state index in [1.165, 1.54) is 83.5 Å². The van der Waals surface area contributed by atoms with E-state index in [9.17, 15) is 0 Å². The third-order valence-corrected chi connectivity index (χ3v) is 11.2. The number of hydrogen-bond donors (Lipinski definition) is 0. The van der Waals surface area contributed by atoms with Crippen LogP contribution >= 0.6 is 0 Å². The summed E-state index contributed by atoms with van der Waals surface area (Å²) in [5.74, 6) is 6.73. The Balaban J connectivity index is 1.51. The van der Waals surface area contributed by atoms with Gasteiger partial charge in [-0.2, -0.15) is 0 Å². The molecule has 0 spiro atoms. The van der Waals surface area contributed by atoms with Gasteiger partial charge in [0.05, 0.1) is 0 Å². The molecule has 0 bridgehead atoms. The van der Waals surface area contributed by atoms with Gasteiger partial charge in [0.25, 0.3) is 0 Å². The summed E-state index contributed by atoms with van der Waals surface area (Å²) in [6.07, 6.45) is 21.9. The van der Waals surface area contributed by atoms with E-state index in [0.29, 0.717) is 10.8 Å². The highest BCUT2D eigenvalue weighted by molar-refractivity contribution is 5.25. The van der Waals surface area contributed by atoms with E-state index in [1.807, 2.05) is 5.57 Å². The van der Waals surface area contributed by atoms with Crippen molar-refractivity contribution in [2.75, 3.05) is 0 Å². The second-order valence-corrected chi connectivity index (χ2v) is 13.2. The molecule has 8 atom stereocenters. The zero-order chi connectivity index (χ0) is 21.5. The Morgan fingerprint density at radius 3 is 2.50 bits per heavy atom. The maximum atomic E-state index is 2.78. The molecule has 0 aromatic rings. The van der Waals surface area contributed by atoms with Crippen LogP contribution in [0.4, 0.5) is 0 Å². The Kier molecular flexibility index (Phi) is 6.83. The second-order valence-electron chi connectivity index (χ2n) is 13.2. The molecule has 3 saturated carbocycles. The third kappa shape index (κ3) is 3.96. The van der Waals surface area contributed by atoms with Crippen molar-refractivity contribution >= 4 is 0 Å². The minimum atomic E-state index is 0.547. The van der Waals surface area contributed by atoms with E-state index in [4.69, 9.17) is 0 Å². The van der Waals surface area contributed by atoms with Gasteiger partial charge in [0.1, 0.15) is 0 Å². The molecule has 30 heavy (non-hydrogen) atoms. The average molecular weight is 413 g/mol. The average Bonchev–Trinajstić information content (AvgIpc) is 2.71. The molecule has 0 saturated heterocycles. The van der Waals surface area contributed by atoms with Crippen LogP contribution in [0.1, 0.15) is 125 Å². The quantitative estimate of drug-likeness (QED) is 0.381. The summed E-state index contributed by atoms with van der Waals surface area (Å²) in [5.41, 5.74) is 3.06. The van der Waals surface area contributed by atoms with Gasteiger partial charge in [-0.15, -0.1) is 0 Å². The maximum absolute atomic E-state index is 2.78. The second kappa shape index (κ2) is 8.94. The Hall–Kier alpha value is -0.260. The fraction of sp³-hybridized carbons (Fsp3) is 0.933. The Bertz CT molecular complexity index is 614. The van der Waals surface area contributed by atoms with Crippen LogP contribution in [0, 0.1) is 52.3 Å². The zero-order valence-corrected chi connectivity index (χ0v) is 21.3. The molecule has 0 aliphatic heterocycles. The standard InChI is InChI=1S/C30H52/c1-7-23-16-18-29(5)24(20-23)14-15-25-27-13-9-12-26(22(4)11-8-10-21(2)3)30(27,6)19-17-28(25)29/h14,21-23,25-28H,7-13,15-20H2,1-6H3/t22-,23?,25?,26-,27?,28?,29+,30-/m1/s1. The van der Waals surface area contributed by atoms with Crippen molar-refractivity contribution in [1.29, 1.82) is 0 Å². The van der Waals surface area contributed by atoms with Crippen molar-refractivity contribution in [2.45, 2.75) is 125 Å². The predicted molar refractivity (Wildman–Crippen MR) is 131 cm³/mol. The molecule has 0 aromatic heterocycles. The summed E-state index contributed by atoms with van der Waals surface area (Å²) in [4.78, 5) is 0. The van der Waals surface area contributed by atoms with Crippen LogP contribution in [0.3, 0.4) is 0 Å². The molecule has 0 N–H and O–H groups in total. The van der Waals surface area contributed by atoms with Gasteiger partial charge in [0.2, 0.25) is 0 Å². The maximum Gasteiger partial charge on any atom is -0.00851 e. The van der Waals surface area contributed by atoms with E-state index in [1.54, 1.807) is 0 Å². The highest BCUT2D eigenvalue weighted by Crippen LogP contribution is 2.66. The highest BCUT2D eigenvalue weighted by Gasteiger charge is 2.57. The summed E-state index contributed by atoms with van der Waals surface area (Å²) >= 11 is 0. The SMILES string of the molecule is CCC1CC[C@@]2(C)C(=CCC3C2CC[C@@]2(C)C3CCC[C@@H]2[C@H](C)CCCC(C)C)C1. The van der Waals surface area contributed by atoms with Crippen molar-refractivity contribution in [3.8, 4) is 0 Å². The molecule has 4 aliphatic rings. The van der Waals surface area contributed by atoms with E-state index in [0.717, 1.165) is 41.4 Å². The van der Waals surface area contributed by atoms with E-state index in [-0.39, 0.29) is 0 Å². The van der Waals surface area contributed by atoms with E-state index < -0.39 is 0 Å². The van der Waals surface area contributed by atoms with Crippen LogP contribution < -0.4 is 0 Å². The lowest BCUT2D eigenvalue weighted by molar-refractivity contribution is -0.108. The molecule has 4 aliphatic carbocycles. The lowest BCUT2D eigenvalue weighted by Crippen LogP contribution is -2.54. The van der Waals surface area contributed by atoms with Crippen LogP contribution in [0.25, 0.3) is 0 Å². The topological polar surface area (TPSA) is 0 Å². The number of fused-ring (bicyclic) bond motifs is 5. The molecule has 3 fully saturated rings. The van der Waals surface area contributed by atoms with Crippen molar-refractivity contribution in [1.82, 2.24) is 0 Å². The summed E-state index contributed by atoms with van der Waals surface area (Å²) in [6, 6.07) is 0. The number of allylic oxidation sites excluding steroid dienone is 2. The monoisotopic (exact) mass is 412 g/mol. The molecule has 0 amide bonds. The minimum Gasteiger partial charge on any atom is -0.0845 e. The summed E-state index contributed by atoms with van der Waals surface area (Å²) in [6.45, 7) is 15.3. The van der Waals surface area contributed by atoms with Gasteiger partial charge < -0.3 is 0 Å².